The van der Waals surface area contributed by atoms with Crippen LogP contribution in [0.5, 0.6) is 0 Å². The number of carbonyl (C=O) groups excluding carboxylic acids is 1. The Labute approximate surface area is 93.4 Å². The summed E-state index contributed by atoms with van der Waals surface area (Å²) in [6.45, 7) is 0. The zero-order valence-corrected chi connectivity index (χ0v) is 9.51. The number of amides is 2. The minimum Gasteiger partial charge on any atom is -0.352 e. The van der Waals surface area contributed by atoms with Crippen LogP contribution in [-0.2, 0) is 0 Å². The Morgan fingerprint density at radius 2 is 1.36 bits per heavy atom. The summed E-state index contributed by atoms with van der Waals surface area (Å²) in [4.78, 5) is 11.2. The number of benzene rings is 1. The highest BCUT2D eigenvalue weighted by molar-refractivity contribution is 6.32. The van der Waals surface area contributed by atoms with Crippen molar-refractivity contribution in [1.82, 2.24) is 4.90 Å². The molecule has 0 spiro atoms. The number of rotatable bonds is 0. The van der Waals surface area contributed by atoms with Crippen LogP contribution in [-0.4, -0.2) is 25.0 Å². The van der Waals surface area contributed by atoms with E-state index in [4.69, 9.17) is 28.9 Å². The van der Waals surface area contributed by atoms with E-state index in [9.17, 15) is 4.79 Å². The van der Waals surface area contributed by atoms with Gasteiger partial charge in [-0.1, -0.05) is 23.2 Å². The fourth-order valence-electron chi connectivity index (χ4n) is 0.430. The van der Waals surface area contributed by atoms with Gasteiger partial charge in [-0.25, -0.2) is 4.79 Å². The van der Waals surface area contributed by atoms with Crippen LogP contribution in [0.1, 0.15) is 0 Å². The minimum absolute atomic E-state index is 0.407. The van der Waals surface area contributed by atoms with E-state index in [2.05, 4.69) is 0 Å². The molecule has 0 fully saturated rings. The van der Waals surface area contributed by atoms with Gasteiger partial charge in [0.15, 0.2) is 0 Å². The Morgan fingerprint density at radius 1 is 1.14 bits per heavy atom. The lowest BCUT2D eigenvalue weighted by Gasteiger charge is -2.01. The summed E-state index contributed by atoms with van der Waals surface area (Å²) in [6, 6.07) is 6.61. The molecule has 0 aromatic heterocycles. The number of nitrogens with zero attached hydrogens (tertiary/aromatic N) is 1. The quantitative estimate of drug-likeness (QED) is 0.738. The molecular formula is C9H12Cl2N2O. The zero-order valence-electron chi connectivity index (χ0n) is 8.00. The van der Waals surface area contributed by atoms with E-state index in [1.165, 1.54) is 4.90 Å². The van der Waals surface area contributed by atoms with Crippen LogP contribution in [0.3, 0.4) is 0 Å². The molecule has 0 atom stereocenters. The molecule has 0 saturated carbocycles. The molecule has 0 heterocycles. The molecule has 0 saturated heterocycles. The molecule has 78 valence electrons. The van der Waals surface area contributed by atoms with Crippen molar-refractivity contribution in [3.8, 4) is 0 Å². The largest absolute Gasteiger partial charge is 0.352 e. The number of hydrogen-bond acceptors (Lipinski definition) is 1. The molecule has 5 heteroatoms. The molecular weight excluding hydrogens is 223 g/mol. The van der Waals surface area contributed by atoms with Gasteiger partial charge >= 0.3 is 6.03 Å². The molecule has 0 radical (unpaired) electrons. The van der Waals surface area contributed by atoms with Gasteiger partial charge in [-0.15, -0.1) is 0 Å². The van der Waals surface area contributed by atoms with Gasteiger partial charge in [0.1, 0.15) is 0 Å². The first-order valence-corrected chi connectivity index (χ1v) is 4.57. The first-order valence-electron chi connectivity index (χ1n) is 3.81. The molecule has 1 aromatic carbocycles. The van der Waals surface area contributed by atoms with Crippen LogP contribution in [0.25, 0.3) is 0 Å². The molecule has 0 bridgehead atoms. The second-order valence-corrected chi connectivity index (χ2v) is 3.54. The van der Waals surface area contributed by atoms with Gasteiger partial charge in [-0.2, -0.15) is 0 Å². The fourth-order valence-corrected chi connectivity index (χ4v) is 0.682. The number of hydrogen-bond donors (Lipinski definition) is 1. The fraction of sp³-hybridized carbons (Fsp3) is 0.222. The summed E-state index contributed by atoms with van der Waals surface area (Å²) < 4.78 is 0. The maximum Gasteiger partial charge on any atom is 0.314 e. The number of nitrogens with two attached hydrogens (primary N) is 1. The summed E-state index contributed by atoms with van der Waals surface area (Å²) in [6.07, 6.45) is 0. The maximum atomic E-state index is 9.85. The van der Waals surface area contributed by atoms with E-state index in [1.807, 2.05) is 0 Å². The number of primary amides is 1. The molecule has 2 amide bonds. The van der Waals surface area contributed by atoms with Gasteiger partial charge in [-0.3, -0.25) is 0 Å². The number of urea groups is 1. The summed E-state index contributed by atoms with van der Waals surface area (Å²) in [7, 11) is 3.20. The summed E-state index contributed by atoms with van der Waals surface area (Å²) in [5, 5.41) is 1.43. The average Bonchev–Trinajstić information content (AvgIpc) is 2.11. The lowest BCUT2D eigenvalue weighted by atomic mass is 10.4. The van der Waals surface area contributed by atoms with Crippen molar-refractivity contribution in [3.63, 3.8) is 0 Å². The molecule has 0 unspecified atom stereocenters. The molecule has 0 aliphatic carbocycles. The Kier molecular flexibility index (Phi) is 6.08. The maximum absolute atomic E-state index is 9.85. The number of halogens is 2. The highest BCUT2D eigenvalue weighted by Gasteiger charge is 1.88. The third kappa shape index (κ3) is 6.57. The average molecular weight is 235 g/mol. The molecule has 1 rings (SSSR count). The third-order valence-corrected chi connectivity index (χ3v) is 1.75. The summed E-state index contributed by atoms with van der Waals surface area (Å²) in [5.74, 6) is 0. The monoisotopic (exact) mass is 234 g/mol. The van der Waals surface area contributed by atoms with Gasteiger partial charge in [0.05, 0.1) is 0 Å². The lowest BCUT2D eigenvalue weighted by molar-refractivity contribution is 0.227. The van der Waals surface area contributed by atoms with Gasteiger partial charge in [0.2, 0.25) is 0 Å². The van der Waals surface area contributed by atoms with Gasteiger partial charge in [-0.05, 0) is 24.3 Å². The van der Waals surface area contributed by atoms with Crippen molar-refractivity contribution < 1.29 is 4.79 Å². The zero-order chi connectivity index (χ0) is 11.1. The topological polar surface area (TPSA) is 46.3 Å². The SMILES string of the molecule is CN(C)C(N)=O.Clc1ccc(Cl)cc1. The standard InChI is InChI=1S/C6H4Cl2.C3H8N2O/c7-5-1-2-6(8)4-3-5;1-5(2)3(4)6/h1-4H;1-2H3,(H2,4,6). The second kappa shape index (κ2) is 6.51. The van der Waals surface area contributed by atoms with Crippen molar-refractivity contribution >= 4 is 29.2 Å². The molecule has 14 heavy (non-hydrogen) atoms. The van der Waals surface area contributed by atoms with Crippen molar-refractivity contribution in [2.24, 2.45) is 5.73 Å². The molecule has 3 nitrogen and oxygen atoms in total. The van der Waals surface area contributed by atoms with E-state index < -0.39 is 6.03 Å². The van der Waals surface area contributed by atoms with Crippen LogP contribution in [0.2, 0.25) is 10.0 Å². The van der Waals surface area contributed by atoms with Crippen molar-refractivity contribution in [1.29, 1.82) is 0 Å². The molecule has 0 aliphatic rings. The predicted molar refractivity (Wildman–Crippen MR) is 59.7 cm³/mol. The Bertz CT molecular complexity index is 264. The minimum atomic E-state index is -0.407. The van der Waals surface area contributed by atoms with Crippen molar-refractivity contribution in [2.45, 2.75) is 0 Å². The van der Waals surface area contributed by atoms with Gasteiger partial charge in [0, 0.05) is 24.1 Å². The Balaban J connectivity index is 0.000000255. The summed E-state index contributed by atoms with van der Waals surface area (Å²) >= 11 is 11.1. The highest BCUT2D eigenvalue weighted by atomic mass is 35.5. The van der Waals surface area contributed by atoms with Crippen LogP contribution in [0.15, 0.2) is 24.3 Å². The molecule has 0 aliphatic heterocycles. The van der Waals surface area contributed by atoms with Crippen molar-refractivity contribution in [2.75, 3.05) is 14.1 Å². The summed E-state index contributed by atoms with van der Waals surface area (Å²) in [5.41, 5.74) is 4.72. The molecule has 1 aromatic rings. The van der Waals surface area contributed by atoms with E-state index in [-0.39, 0.29) is 0 Å². The number of carbonyl (C=O) groups is 1. The van der Waals surface area contributed by atoms with E-state index >= 15 is 0 Å². The van der Waals surface area contributed by atoms with Crippen molar-refractivity contribution in [3.05, 3.63) is 34.3 Å². The highest BCUT2D eigenvalue weighted by Crippen LogP contribution is 2.12. The van der Waals surface area contributed by atoms with E-state index in [0.717, 1.165) is 10.0 Å². The van der Waals surface area contributed by atoms with Gasteiger partial charge in [0.25, 0.3) is 0 Å². The van der Waals surface area contributed by atoms with E-state index in [1.54, 1.807) is 38.4 Å². The van der Waals surface area contributed by atoms with Crippen LogP contribution in [0, 0.1) is 0 Å². The second-order valence-electron chi connectivity index (χ2n) is 2.67. The first-order chi connectivity index (χ1) is 6.43. The Morgan fingerprint density at radius 3 is 1.50 bits per heavy atom. The van der Waals surface area contributed by atoms with Gasteiger partial charge < -0.3 is 10.6 Å². The normalized spacial score (nSPS) is 8.57. The lowest BCUT2D eigenvalue weighted by Crippen LogP contribution is -2.27. The first kappa shape index (κ1) is 13.1. The van der Waals surface area contributed by atoms with Crippen LogP contribution < -0.4 is 5.73 Å². The van der Waals surface area contributed by atoms with E-state index in [0.29, 0.717) is 0 Å². The third-order valence-electron chi connectivity index (χ3n) is 1.24. The molecule has 2 N–H and O–H groups in total. The smallest absolute Gasteiger partial charge is 0.314 e. The Hall–Kier alpha value is -0.930. The van der Waals surface area contributed by atoms with Crippen LogP contribution >= 0.6 is 23.2 Å². The van der Waals surface area contributed by atoms with Crippen LogP contribution in [0.4, 0.5) is 4.79 Å². The predicted octanol–water partition coefficient (Wildman–Crippen LogP) is 2.62.